The number of ether oxygens (including phenoxy) is 1. The summed E-state index contributed by atoms with van der Waals surface area (Å²) >= 11 is 8.72. The SMILES string of the molecule is CCCn1c(SCC(=O)Nc2nc(CC(=O)OCC)cs2)nc2cc(Cl)ccc21. The molecule has 1 N–H and O–H groups in total. The average Bonchev–Trinajstić information content (AvgIpc) is 3.24. The van der Waals surface area contributed by atoms with Gasteiger partial charge in [-0.3, -0.25) is 9.59 Å². The van der Waals surface area contributed by atoms with E-state index in [-0.39, 0.29) is 24.1 Å². The number of carbonyl (C=O) groups is 2. The summed E-state index contributed by atoms with van der Waals surface area (Å²) in [6.45, 7) is 5.00. The van der Waals surface area contributed by atoms with Gasteiger partial charge in [0.25, 0.3) is 0 Å². The number of hydrogen-bond donors (Lipinski definition) is 1. The van der Waals surface area contributed by atoms with Crippen LogP contribution in [0.5, 0.6) is 0 Å². The van der Waals surface area contributed by atoms with Crippen molar-refractivity contribution in [3.63, 3.8) is 0 Å². The molecular weight excluding hydrogens is 432 g/mol. The first-order valence-electron chi connectivity index (χ1n) is 9.18. The quantitative estimate of drug-likeness (QED) is 0.382. The molecule has 7 nitrogen and oxygen atoms in total. The number of carbonyl (C=O) groups excluding carboxylic acids is 2. The molecule has 2 heterocycles. The molecule has 3 rings (SSSR count). The minimum absolute atomic E-state index is 0.0958. The minimum atomic E-state index is -0.332. The zero-order chi connectivity index (χ0) is 20.8. The Hall–Kier alpha value is -2.10. The molecule has 1 aromatic carbocycles. The van der Waals surface area contributed by atoms with Gasteiger partial charge in [-0.1, -0.05) is 30.3 Å². The third-order valence-corrected chi connectivity index (χ3v) is 5.90. The molecule has 3 aromatic rings. The maximum atomic E-state index is 12.3. The summed E-state index contributed by atoms with van der Waals surface area (Å²) in [5, 5.41) is 6.39. The molecule has 0 aliphatic rings. The highest BCUT2D eigenvalue weighted by molar-refractivity contribution is 7.99. The maximum absolute atomic E-state index is 12.3. The molecule has 0 radical (unpaired) electrons. The van der Waals surface area contributed by atoms with Crippen molar-refractivity contribution in [2.45, 2.75) is 38.4 Å². The van der Waals surface area contributed by atoms with Crippen molar-refractivity contribution in [3.05, 3.63) is 34.3 Å². The number of benzene rings is 1. The highest BCUT2D eigenvalue weighted by Crippen LogP contribution is 2.27. The van der Waals surface area contributed by atoms with Crippen molar-refractivity contribution in [3.8, 4) is 0 Å². The Bertz CT molecular complexity index is 1020. The van der Waals surface area contributed by atoms with Crippen LogP contribution in [0.3, 0.4) is 0 Å². The van der Waals surface area contributed by atoms with Crippen LogP contribution in [0.4, 0.5) is 5.13 Å². The van der Waals surface area contributed by atoms with Crippen molar-refractivity contribution in [2.24, 2.45) is 0 Å². The second kappa shape index (κ2) is 10.1. The van der Waals surface area contributed by atoms with E-state index in [4.69, 9.17) is 16.3 Å². The van der Waals surface area contributed by atoms with Gasteiger partial charge < -0.3 is 14.6 Å². The van der Waals surface area contributed by atoms with Crippen LogP contribution < -0.4 is 5.32 Å². The van der Waals surface area contributed by atoms with Crippen molar-refractivity contribution in [1.29, 1.82) is 0 Å². The van der Waals surface area contributed by atoms with E-state index in [1.54, 1.807) is 12.3 Å². The number of anilines is 1. The zero-order valence-electron chi connectivity index (χ0n) is 16.1. The van der Waals surface area contributed by atoms with Crippen LogP contribution in [-0.4, -0.2) is 38.8 Å². The smallest absolute Gasteiger partial charge is 0.311 e. The summed E-state index contributed by atoms with van der Waals surface area (Å²) in [4.78, 5) is 32.7. The fourth-order valence-electron chi connectivity index (χ4n) is 2.72. The summed E-state index contributed by atoms with van der Waals surface area (Å²) in [6.07, 6.45) is 1.05. The molecule has 0 saturated carbocycles. The molecule has 29 heavy (non-hydrogen) atoms. The molecule has 0 fully saturated rings. The lowest BCUT2D eigenvalue weighted by Gasteiger charge is -2.07. The van der Waals surface area contributed by atoms with E-state index in [9.17, 15) is 9.59 Å². The summed E-state index contributed by atoms with van der Waals surface area (Å²) < 4.78 is 7.01. The zero-order valence-corrected chi connectivity index (χ0v) is 18.5. The van der Waals surface area contributed by atoms with E-state index in [2.05, 4.69) is 26.8 Å². The van der Waals surface area contributed by atoms with Gasteiger partial charge in [-0.25, -0.2) is 9.97 Å². The van der Waals surface area contributed by atoms with Crippen LogP contribution in [0.25, 0.3) is 11.0 Å². The first-order chi connectivity index (χ1) is 14.0. The van der Waals surface area contributed by atoms with Crippen molar-refractivity contribution in [2.75, 3.05) is 17.7 Å². The number of fused-ring (bicyclic) bond motifs is 1. The van der Waals surface area contributed by atoms with Crippen LogP contribution in [0.1, 0.15) is 26.0 Å². The van der Waals surface area contributed by atoms with E-state index in [0.717, 1.165) is 29.2 Å². The average molecular weight is 453 g/mol. The Kier molecular flexibility index (Phi) is 7.51. The van der Waals surface area contributed by atoms with Gasteiger partial charge in [0, 0.05) is 16.9 Å². The predicted octanol–water partition coefficient (Wildman–Crippen LogP) is 4.39. The van der Waals surface area contributed by atoms with Crippen molar-refractivity contribution in [1.82, 2.24) is 14.5 Å². The lowest BCUT2D eigenvalue weighted by Crippen LogP contribution is -2.15. The number of thiazole rings is 1. The molecule has 10 heteroatoms. The van der Waals surface area contributed by atoms with Gasteiger partial charge in [0.05, 0.1) is 35.5 Å². The second-order valence-electron chi connectivity index (χ2n) is 6.14. The number of aromatic nitrogens is 3. The Morgan fingerprint density at radius 3 is 2.90 bits per heavy atom. The van der Waals surface area contributed by atoms with Gasteiger partial charge in [-0.15, -0.1) is 11.3 Å². The number of thioether (sulfide) groups is 1. The van der Waals surface area contributed by atoms with Crippen molar-refractivity contribution < 1.29 is 14.3 Å². The van der Waals surface area contributed by atoms with Crippen molar-refractivity contribution >= 4 is 62.7 Å². The summed E-state index contributed by atoms with van der Waals surface area (Å²) in [5.74, 6) is -0.311. The lowest BCUT2D eigenvalue weighted by atomic mass is 10.3. The summed E-state index contributed by atoms with van der Waals surface area (Å²) in [6, 6.07) is 5.62. The van der Waals surface area contributed by atoms with Crippen LogP contribution in [0.2, 0.25) is 5.02 Å². The highest BCUT2D eigenvalue weighted by atomic mass is 35.5. The number of imidazole rings is 1. The minimum Gasteiger partial charge on any atom is -0.466 e. The number of aryl methyl sites for hydroxylation is 1. The molecule has 1 amide bonds. The normalized spacial score (nSPS) is 11.0. The number of esters is 1. The fourth-order valence-corrected chi connectivity index (χ4v) is 4.46. The van der Waals surface area contributed by atoms with E-state index in [1.165, 1.54) is 23.1 Å². The molecule has 0 atom stereocenters. The van der Waals surface area contributed by atoms with Gasteiger partial charge >= 0.3 is 5.97 Å². The van der Waals surface area contributed by atoms with Gasteiger partial charge in [-0.05, 0) is 31.5 Å². The molecule has 0 aliphatic heterocycles. The van der Waals surface area contributed by atoms with Gasteiger partial charge in [-0.2, -0.15) is 0 Å². The van der Waals surface area contributed by atoms with Gasteiger partial charge in [0.15, 0.2) is 10.3 Å². The number of hydrogen-bond acceptors (Lipinski definition) is 7. The number of rotatable bonds is 9. The Morgan fingerprint density at radius 1 is 1.31 bits per heavy atom. The number of nitrogens with zero attached hydrogens (tertiary/aromatic N) is 3. The monoisotopic (exact) mass is 452 g/mol. The molecular formula is C19H21ClN4O3S2. The Morgan fingerprint density at radius 2 is 2.14 bits per heavy atom. The largest absolute Gasteiger partial charge is 0.466 e. The summed E-state index contributed by atoms with van der Waals surface area (Å²) in [5.41, 5.74) is 2.40. The lowest BCUT2D eigenvalue weighted by molar-refractivity contribution is -0.142. The number of amides is 1. The first kappa shape index (κ1) is 21.6. The second-order valence-corrected chi connectivity index (χ2v) is 8.38. The molecule has 0 aliphatic carbocycles. The number of halogens is 1. The molecule has 0 unspecified atom stereocenters. The Balaban J connectivity index is 1.61. The Labute approximate surface area is 181 Å². The standard InChI is InChI=1S/C19H21ClN4O3S2/c1-3-7-24-15-6-5-12(20)8-14(15)22-19(24)29-11-16(25)23-18-21-13(10-28-18)9-17(26)27-4-2/h5-6,8,10H,3-4,7,9,11H2,1-2H3,(H,21,23,25). The van der Waals surface area contributed by atoms with Crippen LogP contribution in [0, 0.1) is 0 Å². The molecule has 0 spiro atoms. The molecule has 0 bridgehead atoms. The maximum Gasteiger partial charge on any atom is 0.311 e. The molecule has 154 valence electrons. The van der Waals surface area contributed by atoms with E-state index in [1.807, 2.05) is 18.2 Å². The highest BCUT2D eigenvalue weighted by Gasteiger charge is 2.14. The number of nitrogens with one attached hydrogen (secondary N) is 1. The topological polar surface area (TPSA) is 86.1 Å². The molecule has 0 saturated heterocycles. The van der Waals surface area contributed by atoms with E-state index < -0.39 is 0 Å². The van der Waals surface area contributed by atoms with Gasteiger partial charge in [0.2, 0.25) is 5.91 Å². The van der Waals surface area contributed by atoms with E-state index in [0.29, 0.717) is 22.5 Å². The van der Waals surface area contributed by atoms with Gasteiger partial charge in [0.1, 0.15) is 0 Å². The fraction of sp³-hybridized carbons (Fsp3) is 0.368. The predicted molar refractivity (Wildman–Crippen MR) is 117 cm³/mol. The third kappa shape index (κ3) is 5.71. The van der Waals surface area contributed by atoms with Crippen LogP contribution in [0.15, 0.2) is 28.7 Å². The molecule has 2 aromatic heterocycles. The third-order valence-electron chi connectivity index (χ3n) is 3.88. The van der Waals surface area contributed by atoms with E-state index >= 15 is 0 Å². The van der Waals surface area contributed by atoms with Crippen LogP contribution >= 0.6 is 34.7 Å². The van der Waals surface area contributed by atoms with Crippen LogP contribution in [-0.2, 0) is 27.3 Å². The first-order valence-corrected chi connectivity index (χ1v) is 11.4. The summed E-state index contributed by atoms with van der Waals surface area (Å²) in [7, 11) is 0.